The van der Waals surface area contributed by atoms with Crippen LogP contribution in [0.1, 0.15) is 11.1 Å². The summed E-state index contributed by atoms with van der Waals surface area (Å²) >= 11 is 0. The van der Waals surface area contributed by atoms with Gasteiger partial charge >= 0.3 is 0 Å². The molecule has 0 saturated carbocycles. The van der Waals surface area contributed by atoms with E-state index >= 15 is 0 Å². The summed E-state index contributed by atoms with van der Waals surface area (Å²) in [5.74, 6) is -0.214. The summed E-state index contributed by atoms with van der Waals surface area (Å²) in [5, 5.41) is 16.1. The van der Waals surface area contributed by atoms with Gasteiger partial charge in [0.15, 0.2) is 5.65 Å². The average molecular weight is 358 g/mol. The lowest BCUT2D eigenvalue weighted by molar-refractivity contribution is 0.629. The highest BCUT2D eigenvalue weighted by Crippen LogP contribution is 2.22. The first-order chi connectivity index (χ1) is 13.1. The van der Waals surface area contributed by atoms with Gasteiger partial charge in [0.2, 0.25) is 5.95 Å². The molecule has 4 aromatic rings. The van der Waals surface area contributed by atoms with E-state index in [0.717, 1.165) is 16.8 Å². The maximum absolute atomic E-state index is 13.9. The lowest BCUT2D eigenvalue weighted by atomic mass is 10.1. The van der Waals surface area contributed by atoms with Crippen LogP contribution in [-0.4, -0.2) is 14.6 Å². The highest BCUT2D eigenvalue weighted by Gasteiger charge is 2.08. The van der Waals surface area contributed by atoms with Crippen molar-refractivity contribution in [2.24, 2.45) is 0 Å². The second-order valence-corrected chi connectivity index (χ2v) is 6.01. The highest BCUT2D eigenvalue weighted by molar-refractivity contribution is 5.64. The third kappa shape index (κ3) is 3.28. The molecule has 0 aliphatic rings. The van der Waals surface area contributed by atoms with E-state index in [1.54, 1.807) is 16.6 Å². The normalized spacial score (nSPS) is 10.7. The van der Waals surface area contributed by atoms with Crippen molar-refractivity contribution in [3.8, 4) is 17.3 Å². The van der Waals surface area contributed by atoms with E-state index in [1.165, 1.54) is 6.07 Å². The van der Waals surface area contributed by atoms with Crippen LogP contribution in [0.2, 0.25) is 0 Å². The molecule has 132 valence electrons. The number of benzene rings is 2. The third-order valence-corrected chi connectivity index (χ3v) is 4.21. The molecule has 0 saturated heterocycles. The van der Waals surface area contributed by atoms with E-state index in [9.17, 15) is 4.39 Å². The fraction of sp³-hybridized carbons (Fsp3) is 0.0500. The molecule has 0 aliphatic heterocycles. The Morgan fingerprint density at radius 1 is 1.11 bits per heavy atom. The summed E-state index contributed by atoms with van der Waals surface area (Å²) in [4.78, 5) is 4.16. The number of rotatable bonds is 4. The Labute approximate surface area is 154 Å². The van der Waals surface area contributed by atoms with Crippen LogP contribution in [0.3, 0.4) is 0 Å². The summed E-state index contributed by atoms with van der Waals surface area (Å²) in [7, 11) is 0. The molecule has 2 aromatic heterocycles. The molecule has 4 rings (SSSR count). The molecule has 0 aliphatic carbocycles. The van der Waals surface area contributed by atoms with Gasteiger partial charge in [0.25, 0.3) is 0 Å². The zero-order valence-corrected chi connectivity index (χ0v) is 14.2. The van der Waals surface area contributed by atoms with Crippen LogP contribution in [-0.2, 0) is 6.54 Å². The van der Waals surface area contributed by atoms with Crippen molar-refractivity contribution >= 4 is 17.3 Å². The van der Waals surface area contributed by atoms with E-state index in [1.807, 2.05) is 48.5 Å². The summed E-state index contributed by atoms with van der Waals surface area (Å²) in [6.45, 7) is 0.462. The number of aromatic nitrogens is 3. The first kappa shape index (κ1) is 16.5. The van der Waals surface area contributed by atoms with Crippen molar-refractivity contribution < 1.29 is 4.39 Å². The van der Waals surface area contributed by atoms with Crippen LogP contribution >= 0.6 is 0 Å². The van der Waals surface area contributed by atoms with Crippen molar-refractivity contribution in [2.45, 2.75) is 6.54 Å². The number of pyridine rings is 1. The Hall–Kier alpha value is -3.92. The maximum Gasteiger partial charge on any atom is 0.240 e. The fourth-order valence-electron chi connectivity index (χ4n) is 2.86. The number of hydrogen-bond acceptors (Lipinski definition) is 5. The number of halogens is 1. The molecule has 7 heteroatoms. The van der Waals surface area contributed by atoms with Crippen molar-refractivity contribution in [3.63, 3.8) is 0 Å². The highest BCUT2D eigenvalue weighted by atomic mass is 19.1. The molecular weight excluding hydrogens is 343 g/mol. The van der Waals surface area contributed by atoms with Gasteiger partial charge in [-0.2, -0.15) is 10.2 Å². The number of nitriles is 1. The van der Waals surface area contributed by atoms with Gasteiger partial charge < -0.3 is 11.1 Å². The number of nitrogens with zero attached hydrogens (tertiary/aromatic N) is 4. The number of anilines is 2. The largest absolute Gasteiger partial charge is 0.379 e. The standard InChI is InChI=1S/C20H15FN6/c21-16-10-14(11-22)6-9-17(16)24-12-13-4-7-15(8-5-13)18-2-1-3-19-25-20(23)26-27(18)19/h1-10,24H,12H2,(H2,23,26). The Bertz CT molecular complexity index is 1160. The SMILES string of the molecule is N#Cc1ccc(NCc2ccc(-c3cccc4nc(N)nn34)cc2)c(F)c1. The quantitative estimate of drug-likeness (QED) is 0.581. The summed E-state index contributed by atoms with van der Waals surface area (Å²) < 4.78 is 15.6. The Morgan fingerprint density at radius 2 is 1.93 bits per heavy atom. The van der Waals surface area contributed by atoms with Crippen LogP contribution in [0.5, 0.6) is 0 Å². The minimum Gasteiger partial charge on any atom is -0.379 e. The van der Waals surface area contributed by atoms with Gasteiger partial charge in [0, 0.05) is 12.1 Å². The van der Waals surface area contributed by atoms with Crippen LogP contribution in [0.4, 0.5) is 16.0 Å². The number of nitrogen functional groups attached to an aromatic ring is 1. The number of hydrogen-bond donors (Lipinski definition) is 2. The molecule has 0 amide bonds. The first-order valence-electron chi connectivity index (χ1n) is 8.28. The van der Waals surface area contributed by atoms with Crippen LogP contribution in [0.15, 0.2) is 60.7 Å². The summed E-state index contributed by atoms with van der Waals surface area (Å²) in [6.07, 6.45) is 0. The van der Waals surface area contributed by atoms with Gasteiger partial charge in [-0.15, -0.1) is 5.10 Å². The van der Waals surface area contributed by atoms with Crippen LogP contribution in [0.25, 0.3) is 16.9 Å². The Kier molecular flexibility index (Phi) is 4.15. The number of nitrogens with one attached hydrogen (secondary N) is 1. The van der Waals surface area contributed by atoms with E-state index < -0.39 is 5.82 Å². The van der Waals surface area contributed by atoms with Gasteiger partial charge in [-0.1, -0.05) is 30.3 Å². The molecule has 27 heavy (non-hydrogen) atoms. The smallest absolute Gasteiger partial charge is 0.240 e. The van der Waals surface area contributed by atoms with E-state index in [-0.39, 0.29) is 5.95 Å². The van der Waals surface area contributed by atoms with E-state index in [0.29, 0.717) is 23.4 Å². The molecule has 0 atom stereocenters. The lowest BCUT2D eigenvalue weighted by Gasteiger charge is -2.09. The maximum atomic E-state index is 13.9. The number of fused-ring (bicyclic) bond motifs is 1. The zero-order chi connectivity index (χ0) is 18.8. The topological polar surface area (TPSA) is 92.0 Å². The lowest BCUT2D eigenvalue weighted by Crippen LogP contribution is -2.02. The molecule has 0 fully saturated rings. The molecule has 6 nitrogen and oxygen atoms in total. The Morgan fingerprint density at radius 3 is 2.67 bits per heavy atom. The number of nitrogens with two attached hydrogens (primary N) is 1. The van der Waals surface area contributed by atoms with Crippen molar-refractivity contribution in [2.75, 3.05) is 11.1 Å². The van der Waals surface area contributed by atoms with Gasteiger partial charge in [0.1, 0.15) is 5.82 Å². The summed E-state index contributed by atoms with van der Waals surface area (Å²) in [5.41, 5.74) is 9.88. The van der Waals surface area contributed by atoms with E-state index in [4.69, 9.17) is 11.0 Å². The van der Waals surface area contributed by atoms with Crippen molar-refractivity contribution in [3.05, 3.63) is 77.6 Å². The van der Waals surface area contributed by atoms with Gasteiger partial charge in [-0.3, -0.25) is 0 Å². The van der Waals surface area contributed by atoms with Gasteiger partial charge in [-0.25, -0.2) is 8.91 Å². The molecule has 0 spiro atoms. The fourth-order valence-corrected chi connectivity index (χ4v) is 2.86. The Balaban J connectivity index is 1.53. The van der Waals surface area contributed by atoms with Crippen molar-refractivity contribution in [1.29, 1.82) is 5.26 Å². The third-order valence-electron chi connectivity index (χ3n) is 4.21. The molecular formula is C20H15FN6. The molecule has 0 bridgehead atoms. The predicted molar refractivity (Wildman–Crippen MR) is 101 cm³/mol. The molecule has 2 heterocycles. The second kappa shape index (κ2) is 6.77. The second-order valence-electron chi connectivity index (χ2n) is 6.01. The summed E-state index contributed by atoms with van der Waals surface area (Å²) in [6, 6.07) is 19.8. The van der Waals surface area contributed by atoms with Crippen LogP contribution in [0, 0.1) is 17.1 Å². The average Bonchev–Trinajstić information content (AvgIpc) is 3.07. The molecule has 3 N–H and O–H groups in total. The van der Waals surface area contributed by atoms with Crippen LogP contribution < -0.4 is 11.1 Å². The van der Waals surface area contributed by atoms with Gasteiger partial charge in [0.05, 0.1) is 23.0 Å². The first-order valence-corrected chi connectivity index (χ1v) is 8.28. The zero-order valence-electron chi connectivity index (χ0n) is 14.2. The predicted octanol–water partition coefficient (Wildman–Crippen LogP) is 3.60. The molecule has 0 radical (unpaired) electrons. The monoisotopic (exact) mass is 358 g/mol. The van der Waals surface area contributed by atoms with E-state index in [2.05, 4.69) is 15.4 Å². The van der Waals surface area contributed by atoms with Gasteiger partial charge in [-0.05, 0) is 35.9 Å². The molecule has 2 aromatic carbocycles. The van der Waals surface area contributed by atoms with Crippen molar-refractivity contribution in [1.82, 2.24) is 14.6 Å². The molecule has 0 unspecified atom stereocenters. The minimum absolute atomic E-state index is 0.229. The minimum atomic E-state index is -0.443.